The molecule has 0 amide bonds. The van der Waals surface area contributed by atoms with E-state index in [0.717, 1.165) is 17.5 Å². The number of sulfonamides is 1. The molecular formula is C11H19N3O4S. The summed E-state index contributed by atoms with van der Waals surface area (Å²) < 4.78 is 27.1. The summed E-state index contributed by atoms with van der Waals surface area (Å²) in [6.07, 6.45) is 4.13. The summed E-state index contributed by atoms with van der Waals surface area (Å²) in [5, 5.41) is 12.4. The number of carboxylic acids is 1. The number of aromatic nitrogens is 2. The van der Waals surface area contributed by atoms with Gasteiger partial charge in [-0.05, 0) is 6.42 Å². The molecule has 0 saturated carbocycles. The van der Waals surface area contributed by atoms with Crippen molar-refractivity contribution in [3.63, 3.8) is 0 Å². The predicted octanol–water partition coefficient (Wildman–Crippen LogP) is 0.778. The first-order valence-corrected chi connectivity index (χ1v) is 7.60. The highest BCUT2D eigenvalue weighted by atomic mass is 32.2. The van der Waals surface area contributed by atoms with Crippen LogP contribution in [0.1, 0.15) is 26.7 Å². The van der Waals surface area contributed by atoms with Crippen molar-refractivity contribution in [2.45, 2.75) is 38.1 Å². The Morgan fingerprint density at radius 3 is 2.68 bits per heavy atom. The Hall–Kier alpha value is -1.41. The summed E-state index contributed by atoms with van der Waals surface area (Å²) in [4.78, 5) is 10.6. The largest absolute Gasteiger partial charge is 0.480 e. The summed E-state index contributed by atoms with van der Waals surface area (Å²) in [7, 11) is -3.58. The van der Waals surface area contributed by atoms with Crippen molar-refractivity contribution in [3.8, 4) is 0 Å². The molecule has 0 aliphatic rings. The third kappa shape index (κ3) is 4.03. The third-order valence-corrected chi connectivity index (χ3v) is 4.59. The van der Waals surface area contributed by atoms with Gasteiger partial charge in [-0.1, -0.05) is 20.3 Å². The molecule has 19 heavy (non-hydrogen) atoms. The number of carbonyl (C=O) groups is 1. The number of aliphatic carboxylic acids is 1. The standard InChI is InChI=1S/C11H19N3O4S/c1-3-5-6-14(4-2)19(17,18)10-7-12-13(8-10)9-11(15)16/h7-8H,3-6,9H2,1-2H3,(H,15,16). The van der Waals surface area contributed by atoms with Crippen LogP contribution < -0.4 is 0 Å². The van der Waals surface area contributed by atoms with E-state index in [1.807, 2.05) is 6.92 Å². The Kier molecular flexibility index (Phi) is 5.49. The van der Waals surface area contributed by atoms with Crippen molar-refractivity contribution >= 4 is 16.0 Å². The van der Waals surface area contributed by atoms with Crippen LogP contribution in [0.25, 0.3) is 0 Å². The molecule has 0 fully saturated rings. The molecule has 1 N–H and O–H groups in total. The molecular weight excluding hydrogens is 270 g/mol. The van der Waals surface area contributed by atoms with E-state index in [9.17, 15) is 13.2 Å². The van der Waals surface area contributed by atoms with Crippen LogP contribution in [0.4, 0.5) is 0 Å². The summed E-state index contributed by atoms with van der Waals surface area (Å²) in [5.41, 5.74) is 0. The van der Waals surface area contributed by atoms with Crippen molar-refractivity contribution in [2.75, 3.05) is 13.1 Å². The van der Waals surface area contributed by atoms with Gasteiger partial charge < -0.3 is 5.11 Å². The van der Waals surface area contributed by atoms with E-state index in [2.05, 4.69) is 5.10 Å². The molecule has 0 aliphatic heterocycles. The molecule has 1 heterocycles. The first kappa shape index (κ1) is 15.6. The zero-order valence-electron chi connectivity index (χ0n) is 11.1. The van der Waals surface area contributed by atoms with Crippen molar-refractivity contribution < 1.29 is 18.3 Å². The van der Waals surface area contributed by atoms with E-state index in [1.165, 1.54) is 16.7 Å². The zero-order chi connectivity index (χ0) is 14.5. The van der Waals surface area contributed by atoms with Crippen molar-refractivity contribution in [1.82, 2.24) is 14.1 Å². The molecule has 0 aliphatic carbocycles. The lowest BCUT2D eigenvalue weighted by Gasteiger charge is -2.18. The number of hydrogen-bond donors (Lipinski definition) is 1. The number of hydrogen-bond acceptors (Lipinski definition) is 4. The van der Waals surface area contributed by atoms with E-state index in [0.29, 0.717) is 13.1 Å². The quantitative estimate of drug-likeness (QED) is 0.763. The maximum Gasteiger partial charge on any atom is 0.325 e. The van der Waals surface area contributed by atoms with E-state index in [-0.39, 0.29) is 11.4 Å². The molecule has 7 nitrogen and oxygen atoms in total. The van der Waals surface area contributed by atoms with E-state index >= 15 is 0 Å². The van der Waals surface area contributed by atoms with Gasteiger partial charge in [0.1, 0.15) is 11.4 Å². The lowest BCUT2D eigenvalue weighted by molar-refractivity contribution is -0.137. The molecule has 0 radical (unpaired) electrons. The first-order chi connectivity index (χ1) is 8.91. The van der Waals surface area contributed by atoms with Crippen LogP contribution >= 0.6 is 0 Å². The lowest BCUT2D eigenvalue weighted by Crippen LogP contribution is -2.31. The van der Waals surface area contributed by atoms with Gasteiger partial charge in [-0.2, -0.15) is 9.40 Å². The summed E-state index contributed by atoms with van der Waals surface area (Å²) >= 11 is 0. The molecule has 0 atom stereocenters. The highest BCUT2D eigenvalue weighted by molar-refractivity contribution is 7.89. The summed E-state index contributed by atoms with van der Waals surface area (Å²) in [6.45, 7) is 4.25. The second kappa shape index (κ2) is 6.67. The fourth-order valence-electron chi connectivity index (χ4n) is 1.63. The predicted molar refractivity (Wildman–Crippen MR) is 69.2 cm³/mol. The topological polar surface area (TPSA) is 92.5 Å². The Balaban J connectivity index is 2.91. The molecule has 0 bridgehead atoms. The molecule has 1 aromatic heterocycles. The SMILES string of the molecule is CCCCN(CC)S(=O)(=O)c1cnn(CC(=O)O)c1. The average Bonchev–Trinajstić information content (AvgIpc) is 2.78. The maximum atomic E-state index is 12.3. The minimum Gasteiger partial charge on any atom is -0.480 e. The molecule has 8 heteroatoms. The summed E-state index contributed by atoms with van der Waals surface area (Å²) in [5.74, 6) is -1.06. The van der Waals surface area contributed by atoms with Gasteiger partial charge in [0.05, 0.1) is 6.20 Å². The molecule has 0 unspecified atom stereocenters. The van der Waals surface area contributed by atoms with Crippen LogP contribution in [0.5, 0.6) is 0 Å². The van der Waals surface area contributed by atoms with E-state index in [4.69, 9.17) is 5.11 Å². The lowest BCUT2D eigenvalue weighted by atomic mass is 10.3. The van der Waals surface area contributed by atoms with Gasteiger partial charge in [0, 0.05) is 19.3 Å². The molecule has 108 valence electrons. The minimum absolute atomic E-state index is 0.0340. The van der Waals surface area contributed by atoms with Gasteiger partial charge in [0.15, 0.2) is 0 Å². The Bertz CT molecular complexity index is 524. The number of nitrogens with zero attached hydrogens (tertiary/aromatic N) is 3. The van der Waals surface area contributed by atoms with Gasteiger partial charge in [-0.25, -0.2) is 8.42 Å². The second-order valence-electron chi connectivity index (χ2n) is 4.12. The van der Waals surface area contributed by atoms with Crippen molar-refractivity contribution in [1.29, 1.82) is 0 Å². The Morgan fingerprint density at radius 2 is 2.16 bits per heavy atom. The van der Waals surface area contributed by atoms with Gasteiger partial charge in [-0.15, -0.1) is 0 Å². The monoisotopic (exact) mass is 289 g/mol. The van der Waals surface area contributed by atoms with E-state index in [1.54, 1.807) is 6.92 Å². The van der Waals surface area contributed by atoms with Crippen LogP contribution in [0, 0.1) is 0 Å². The van der Waals surface area contributed by atoms with Gasteiger partial charge >= 0.3 is 5.97 Å². The molecule has 0 aromatic carbocycles. The number of carboxylic acid groups (broad SMARTS) is 1. The average molecular weight is 289 g/mol. The number of rotatable bonds is 8. The fourth-order valence-corrected chi connectivity index (χ4v) is 3.08. The van der Waals surface area contributed by atoms with Crippen LogP contribution in [0.3, 0.4) is 0 Å². The first-order valence-electron chi connectivity index (χ1n) is 6.16. The van der Waals surface area contributed by atoms with Crippen LogP contribution in [-0.2, 0) is 21.4 Å². The zero-order valence-corrected chi connectivity index (χ0v) is 11.9. The molecule has 0 spiro atoms. The highest BCUT2D eigenvalue weighted by Crippen LogP contribution is 2.15. The fraction of sp³-hybridized carbons (Fsp3) is 0.636. The smallest absolute Gasteiger partial charge is 0.325 e. The Morgan fingerprint density at radius 1 is 1.47 bits per heavy atom. The van der Waals surface area contributed by atoms with Crippen molar-refractivity contribution in [3.05, 3.63) is 12.4 Å². The second-order valence-corrected chi connectivity index (χ2v) is 6.06. The summed E-state index contributed by atoms with van der Waals surface area (Å²) in [6, 6.07) is 0. The minimum atomic E-state index is -3.58. The Labute approximate surface area is 112 Å². The molecule has 0 saturated heterocycles. The van der Waals surface area contributed by atoms with Crippen molar-refractivity contribution in [2.24, 2.45) is 0 Å². The van der Waals surface area contributed by atoms with Gasteiger partial charge in [0.25, 0.3) is 0 Å². The van der Waals surface area contributed by atoms with Gasteiger partial charge in [-0.3, -0.25) is 9.48 Å². The third-order valence-electron chi connectivity index (χ3n) is 2.66. The molecule has 1 rings (SSSR count). The highest BCUT2D eigenvalue weighted by Gasteiger charge is 2.24. The normalized spacial score (nSPS) is 11.9. The van der Waals surface area contributed by atoms with E-state index < -0.39 is 16.0 Å². The number of unbranched alkanes of at least 4 members (excludes halogenated alkanes) is 1. The van der Waals surface area contributed by atoms with Crippen LogP contribution in [-0.4, -0.2) is 46.7 Å². The van der Waals surface area contributed by atoms with Crippen LogP contribution in [0.15, 0.2) is 17.3 Å². The molecule has 1 aromatic rings. The van der Waals surface area contributed by atoms with Gasteiger partial charge in [0.2, 0.25) is 10.0 Å². The maximum absolute atomic E-state index is 12.3. The van der Waals surface area contributed by atoms with Crippen LogP contribution in [0.2, 0.25) is 0 Å².